The van der Waals surface area contributed by atoms with E-state index in [2.05, 4.69) is 35.1 Å². The number of rotatable bonds is 5. The predicted molar refractivity (Wildman–Crippen MR) is 63.2 cm³/mol. The Morgan fingerprint density at radius 2 is 2.33 bits per heavy atom. The summed E-state index contributed by atoms with van der Waals surface area (Å²) in [6.45, 7) is 4.93. The minimum absolute atomic E-state index is 0.159. The van der Waals surface area contributed by atoms with Gasteiger partial charge in [-0.3, -0.25) is 4.79 Å². The lowest BCUT2D eigenvalue weighted by Crippen LogP contribution is -2.29. The summed E-state index contributed by atoms with van der Waals surface area (Å²) in [7, 11) is 0. The van der Waals surface area contributed by atoms with Crippen molar-refractivity contribution >= 4 is 21.8 Å². The Balaban J connectivity index is 2.28. The monoisotopic (exact) mass is 273 g/mol. The van der Waals surface area contributed by atoms with Gasteiger partial charge in [0.1, 0.15) is 0 Å². The Morgan fingerprint density at radius 3 is 2.87 bits per heavy atom. The molecule has 1 amide bonds. The fraction of sp³-hybridized carbons (Fsp3) is 0.545. The maximum atomic E-state index is 11.5. The van der Waals surface area contributed by atoms with Gasteiger partial charge in [-0.1, -0.05) is 29.8 Å². The van der Waals surface area contributed by atoms with E-state index < -0.39 is 0 Å². The fourth-order valence-corrected chi connectivity index (χ4v) is 2.20. The Bertz CT molecular complexity index is 296. The highest BCUT2D eigenvalue weighted by atomic mass is 79.9. The molecule has 1 N–H and O–H groups in total. The molecule has 1 aromatic rings. The highest BCUT2D eigenvalue weighted by Crippen LogP contribution is 2.11. The van der Waals surface area contributed by atoms with Crippen LogP contribution < -0.4 is 5.32 Å². The SMILES string of the molecule is CC(C)CC(Br)CNC(=O)c1ccco1. The van der Waals surface area contributed by atoms with Crippen molar-refractivity contribution in [3.05, 3.63) is 24.2 Å². The van der Waals surface area contributed by atoms with E-state index in [-0.39, 0.29) is 5.91 Å². The van der Waals surface area contributed by atoms with E-state index >= 15 is 0 Å². The summed E-state index contributed by atoms with van der Waals surface area (Å²) in [4.78, 5) is 11.8. The maximum absolute atomic E-state index is 11.5. The van der Waals surface area contributed by atoms with Crippen LogP contribution in [0.4, 0.5) is 0 Å². The van der Waals surface area contributed by atoms with Gasteiger partial charge in [-0.2, -0.15) is 0 Å². The number of hydrogen-bond donors (Lipinski definition) is 1. The van der Waals surface area contributed by atoms with Gasteiger partial charge in [-0.15, -0.1) is 0 Å². The van der Waals surface area contributed by atoms with Crippen molar-refractivity contribution < 1.29 is 9.21 Å². The van der Waals surface area contributed by atoms with Crippen LogP contribution in [0.3, 0.4) is 0 Å². The number of alkyl halides is 1. The second-order valence-corrected chi connectivity index (χ2v) is 5.21. The molecule has 1 atom stereocenters. The molecule has 0 spiro atoms. The molecule has 1 unspecified atom stereocenters. The molecule has 0 saturated carbocycles. The topological polar surface area (TPSA) is 42.2 Å². The number of carbonyl (C=O) groups excluding carboxylic acids is 1. The van der Waals surface area contributed by atoms with Crippen LogP contribution in [-0.4, -0.2) is 17.3 Å². The quantitative estimate of drug-likeness (QED) is 0.839. The molecule has 0 aliphatic heterocycles. The highest BCUT2D eigenvalue weighted by Gasteiger charge is 2.11. The molecule has 84 valence electrons. The number of carbonyl (C=O) groups is 1. The van der Waals surface area contributed by atoms with Crippen LogP contribution in [0.25, 0.3) is 0 Å². The minimum atomic E-state index is -0.159. The number of halogens is 1. The van der Waals surface area contributed by atoms with E-state index in [4.69, 9.17) is 4.42 Å². The van der Waals surface area contributed by atoms with Crippen LogP contribution in [0.15, 0.2) is 22.8 Å². The molecule has 1 heterocycles. The van der Waals surface area contributed by atoms with Crippen LogP contribution in [0.5, 0.6) is 0 Å². The van der Waals surface area contributed by atoms with Crippen molar-refractivity contribution in [2.45, 2.75) is 25.1 Å². The third-order valence-corrected chi connectivity index (χ3v) is 2.65. The van der Waals surface area contributed by atoms with Gasteiger partial charge in [0.25, 0.3) is 5.91 Å². The predicted octanol–water partition coefficient (Wildman–Crippen LogP) is 2.82. The van der Waals surface area contributed by atoms with Gasteiger partial charge in [0.05, 0.1) is 6.26 Å². The summed E-state index contributed by atoms with van der Waals surface area (Å²) in [5.74, 6) is 0.822. The van der Waals surface area contributed by atoms with Crippen molar-refractivity contribution in [1.29, 1.82) is 0 Å². The molecule has 0 saturated heterocycles. The molecule has 1 aromatic heterocycles. The number of nitrogens with one attached hydrogen (secondary N) is 1. The first-order valence-electron chi connectivity index (χ1n) is 5.05. The maximum Gasteiger partial charge on any atom is 0.287 e. The molecular formula is C11H16BrNO2. The van der Waals surface area contributed by atoms with Gasteiger partial charge >= 0.3 is 0 Å². The smallest absolute Gasteiger partial charge is 0.287 e. The number of furan rings is 1. The second-order valence-electron chi connectivity index (χ2n) is 3.91. The van der Waals surface area contributed by atoms with Crippen LogP contribution in [0.1, 0.15) is 30.8 Å². The first-order valence-corrected chi connectivity index (χ1v) is 5.97. The Hall–Kier alpha value is -0.770. The zero-order valence-corrected chi connectivity index (χ0v) is 10.6. The molecule has 4 heteroatoms. The average molecular weight is 274 g/mol. The highest BCUT2D eigenvalue weighted by molar-refractivity contribution is 9.09. The first-order chi connectivity index (χ1) is 7.09. The van der Waals surface area contributed by atoms with Gasteiger partial charge in [-0.05, 0) is 24.5 Å². The van der Waals surface area contributed by atoms with E-state index in [9.17, 15) is 4.79 Å². The van der Waals surface area contributed by atoms with Gasteiger partial charge in [0.15, 0.2) is 5.76 Å². The summed E-state index contributed by atoms with van der Waals surface area (Å²) in [6.07, 6.45) is 2.53. The minimum Gasteiger partial charge on any atom is -0.459 e. The number of amides is 1. The molecule has 15 heavy (non-hydrogen) atoms. The Labute approximate surface area is 98.4 Å². The van der Waals surface area contributed by atoms with Crippen molar-refractivity contribution in [3.63, 3.8) is 0 Å². The molecule has 3 nitrogen and oxygen atoms in total. The normalized spacial score (nSPS) is 12.8. The summed E-state index contributed by atoms with van der Waals surface area (Å²) in [6, 6.07) is 3.36. The lowest BCUT2D eigenvalue weighted by Gasteiger charge is -2.12. The molecule has 0 radical (unpaired) electrons. The van der Waals surface area contributed by atoms with E-state index in [1.165, 1.54) is 6.26 Å². The zero-order chi connectivity index (χ0) is 11.3. The third kappa shape index (κ3) is 4.51. The van der Waals surface area contributed by atoms with Gasteiger partial charge in [-0.25, -0.2) is 0 Å². The molecule has 0 aromatic carbocycles. The lowest BCUT2D eigenvalue weighted by atomic mass is 10.1. The summed E-state index contributed by atoms with van der Waals surface area (Å²) < 4.78 is 4.98. The van der Waals surface area contributed by atoms with Gasteiger partial charge in [0, 0.05) is 11.4 Å². The Morgan fingerprint density at radius 1 is 1.60 bits per heavy atom. The average Bonchev–Trinajstić information content (AvgIpc) is 2.65. The summed E-state index contributed by atoms with van der Waals surface area (Å²) in [5, 5.41) is 2.81. The molecule has 1 rings (SSSR count). The summed E-state index contributed by atoms with van der Waals surface area (Å²) in [5.41, 5.74) is 0. The third-order valence-electron chi connectivity index (χ3n) is 1.96. The molecular weight excluding hydrogens is 258 g/mol. The van der Waals surface area contributed by atoms with Crippen LogP contribution in [-0.2, 0) is 0 Å². The summed E-state index contributed by atoms with van der Waals surface area (Å²) >= 11 is 3.52. The van der Waals surface area contributed by atoms with Gasteiger partial charge in [0.2, 0.25) is 0 Å². The van der Waals surface area contributed by atoms with Crippen molar-refractivity contribution in [1.82, 2.24) is 5.32 Å². The lowest BCUT2D eigenvalue weighted by molar-refractivity contribution is 0.0925. The molecule has 0 bridgehead atoms. The van der Waals surface area contributed by atoms with Crippen molar-refractivity contribution in [2.75, 3.05) is 6.54 Å². The zero-order valence-electron chi connectivity index (χ0n) is 9.00. The van der Waals surface area contributed by atoms with Crippen molar-refractivity contribution in [3.8, 4) is 0 Å². The molecule has 0 fully saturated rings. The van der Waals surface area contributed by atoms with E-state index in [0.29, 0.717) is 23.1 Å². The van der Waals surface area contributed by atoms with Crippen molar-refractivity contribution in [2.24, 2.45) is 5.92 Å². The van der Waals surface area contributed by atoms with E-state index in [0.717, 1.165) is 6.42 Å². The standard InChI is InChI=1S/C11H16BrNO2/c1-8(2)6-9(12)7-13-11(14)10-4-3-5-15-10/h3-5,8-9H,6-7H2,1-2H3,(H,13,14). The van der Waals surface area contributed by atoms with E-state index in [1.54, 1.807) is 12.1 Å². The molecule has 0 aliphatic carbocycles. The van der Waals surface area contributed by atoms with Gasteiger partial charge < -0.3 is 9.73 Å². The van der Waals surface area contributed by atoms with Crippen LogP contribution >= 0.6 is 15.9 Å². The second kappa shape index (κ2) is 5.95. The van der Waals surface area contributed by atoms with E-state index in [1.807, 2.05) is 0 Å². The van der Waals surface area contributed by atoms with Crippen LogP contribution in [0, 0.1) is 5.92 Å². The Kier molecular flexibility index (Phi) is 4.88. The largest absolute Gasteiger partial charge is 0.459 e. The fourth-order valence-electron chi connectivity index (χ4n) is 1.29. The number of hydrogen-bond acceptors (Lipinski definition) is 2. The van der Waals surface area contributed by atoms with Crippen LogP contribution in [0.2, 0.25) is 0 Å². The first kappa shape index (κ1) is 12.3. The molecule has 0 aliphatic rings.